The van der Waals surface area contributed by atoms with Crippen LogP contribution in [0.1, 0.15) is 33.6 Å². The topological polar surface area (TPSA) is 32.3 Å². The van der Waals surface area contributed by atoms with Gasteiger partial charge < -0.3 is 5.32 Å². The molecule has 0 saturated carbocycles. The van der Waals surface area contributed by atoms with E-state index in [1.54, 1.807) is 11.3 Å². The molecule has 1 saturated heterocycles. The van der Waals surface area contributed by atoms with Gasteiger partial charge in [-0.3, -0.25) is 9.69 Å². The van der Waals surface area contributed by atoms with E-state index in [4.69, 9.17) is 0 Å². The number of nitrogens with one attached hydrogen (secondary N) is 1. The maximum Gasteiger partial charge on any atom is 0.261 e. The molecular weight excluding hydrogens is 312 g/mol. The van der Waals surface area contributed by atoms with Gasteiger partial charge in [0.15, 0.2) is 0 Å². The fourth-order valence-corrected chi connectivity index (χ4v) is 4.34. The van der Waals surface area contributed by atoms with Crippen LogP contribution in [0.3, 0.4) is 0 Å². The molecule has 2 aromatic rings. The van der Waals surface area contributed by atoms with Gasteiger partial charge in [-0.1, -0.05) is 0 Å². The number of piperidine rings is 1. The molecule has 0 unspecified atom stereocenters. The van der Waals surface area contributed by atoms with Crippen LogP contribution in [0.15, 0.2) is 28.3 Å². The van der Waals surface area contributed by atoms with Crippen molar-refractivity contribution < 1.29 is 4.79 Å². The van der Waals surface area contributed by atoms with Crippen molar-refractivity contribution in [2.75, 3.05) is 19.6 Å². The average Bonchev–Trinajstić information content (AvgIpc) is 3.18. The molecule has 0 aromatic carbocycles. The Balaban J connectivity index is 1.39. The number of carbonyl (C=O) groups is 1. The standard InChI is InChI=1S/C17H22N2OS2/c1-13-8-16(22-11-13)17(20)18-9-14-2-5-19(6-3-14)10-15-4-7-21-12-15/h4,7-8,11-12,14H,2-3,5-6,9-10H2,1H3,(H,18,20). The number of amides is 1. The zero-order valence-electron chi connectivity index (χ0n) is 12.9. The van der Waals surface area contributed by atoms with Crippen molar-refractivity contribution in [2.45, 2.75) is 26.3 Å². The Morgan fingerprint density at radius 3 is 2.82 bits per heavy atom. The molecule has 22 heavy (non-hydrogen) atoms. The van der Waals surface area contributed by atoms with Gasteiger partial charge in [0, 0.05) is 13.1 Å². The minimum absolute atomic E-state index is 0.0822. The molecule has 0 aliphatic carbocycles. The van der Waals surface area contributed by atoms with Crippen molar-refractivity contribution in [3.63, 3.8) is 0 Å². The summed E-state index contributed by atoms with van der Waals surface area (Å²) < 4.78 is 0. The number of hydrogen-bond acceptors (Lipinski definition) is 4. The third-order valence-electron chi connectivity index (χ3n) is 4.20. The minimum Gasteiger partial charge on any atom is -0.351 e. The first-order valence-electron chi connectivity index (χ1n) is 7.77. The molecule has 1 amide bonds. The highest BCUT2D eigenvalue weighted by atomic mass is 32.1. The number of rotatable bonds is 5. The molecule has 2 aromatic heterocycles. The van der Waals surface area contributed by atoms with E-state index in [9.17, 15) is 4.79 Å². The van der Waals surface area contributed by atoms with Crippen LogP contribution < -0.4 is 5.32 Å². The molecule has 118 valence electrons. The Hall–Kier alpha value is -1.17. The van der Waals surface area contributed by atoms with Crippen LogP contribution in [0.25, 0.3) is 0 Å². The summed E-state index contributed by atoms with van der Waals surface area (Å²) in [5.41, 5.74) is 2.58. The van der Waals surface area contributed by atoms with E-state index in [1.165, 1.54) is 29.7 Å². The van der Waals surface area contributed by atoms with Crippen molar-refractivity contribution >= 4 is 28.6 Å². The Bertz CT molecular complexity index is 598. The first-order valence-corrected chi connectivity index (χ1v) is 9.60. The predicted molar refractivity (Wildman–Crippen MR) is 93.7 cm³/mol. The second-order valence-corrected chi connectivity index (χ2v) is 7.74. The van der Waals surface area contributed by atoms with Crippen LogP contribution in [0.4, 0.5) is 0 Å². The van der Waals surface area contributed by atoms with E-state index < -0.39 is 0 Å². The van der Waals surface area contributed by atoms with Gasteiger partial charge in [0.1, 0.15) is 0 Å². The molecule has 0 atom stereocenters. The van der Waals surface area contributed by atoms with Crippen molar-refractivity contribution in [1.82, 2.24) is 10.2 Å². The molecule has 5 heteroatoms. The highest BCUT2D eigenvalue weighted by molar-refractivity contribution is 7.12. The molecular formula is C17H22N2OS2. The zero-order chi connectivity index (χ0) is 15.4. The largest absolute Gasteiger partial charge is 0.351 e. The Morgan fingerprint density at radius 1 is 1.36 bits per heavy atom. The van der Waals surface area contributed by atoms with E-state index in [1.807, 2.05) is 18.4 Å². The predicted octanol–water partition coefficient (Wildman–Crippen LogP) is 3.76. The normalized spacial score (nSPS) is 16.8. The molecule has 3 nitrogen and oxygen atoms in total. The highest BCUT2D eigenvalue weighted by Gasteiger charge is 2.20. The maximum atomic E-state index is 12.1. The zero-order valence-corrected chi connectivity index (χ0v) is 14.5. The van der Waals surface area contributed by atoms with E-state index in [0.717, 1.165) is 36.6 Å². The van der Waals surface area contributed by atoms with Crippen LogP contribution in [-0.2, 0) is 6.54 Å². The first-order chi connectivity index (χ1) is 10.7. The molecule has 1 aliphatic heterocycles. The summed E-state index contributed by atoms with van der Waals surface area (Å²) in [6.07, 6.45) is 2.35. The number of nitrogens with zero attached hydrogens (tertiary/aromatic N) is 1. The maximum absolute atomic E-state index is 12.1. The van der Waals surface area contributed by atoms with Gasteiger partial charge in [-0.2, -0.15) is 11.3 Å². The molecule has 3 heterocycles. The molecule has 1 aliphatic rings. The quantitative estimate of drug-likeness (QED) is 0.903. The van der Waals surface area contributed by atoms with Gasteiger partial charge in [-0.15, -0.1) is 11.3 Å². The molecule has 0 spiro atoms. The molecule has 1 fully saturated rings. The number of hydrogen-bond donors (Lipinski definition) is 1. The minimum atomic E-state index is 0.0822. The second-order valence-electron chi connectivity index (χ2n) is 6.05. The third-order valence-corrected chi connectivity index (χ3v) is 5.98. The fraction of sp³-hybridized carbons (Fsp3) is 0.471. The van der Waals surface area contributed by atoms with Gasteiger partial charge in [0.05, 0.1) is 4.88 Å². The van der Waals surface area contributed by atoms with Crippen LogP contribution in [-0.4, -0.2) is 30.4 Å². The van der Waals surface area contributed by atoms with Crippen LogP contribution in [0.5, 0.6) is 0 Å². The fourth-order valence-electron chi connectivity index (χ4n) is 2.86. The van der Waals surface area contributed by atoms with Crippen molar-refractivity contribution in [3.8, 4) is 0 Å². The summed E-state index contributed by atoms with van der Waals surface area (Å²) in [4.78, 5) is 15.4. The summed E-state index contributed by atoms with van der Waals surface area (Å²) in [6, 6.07) is 4.17. The van der Waals surface area contributed by atoms with Gasteiger partial charge in [0.2, 0.25) is 0 Å². The van der Waals surface area contributed by atoms with Crippen molar-refractivity contribution in [1.29, 1.82) is 0 Å². The number of thiophene rings is 2. The first kappa shape index (κ1) is 15.7. The highest BCUT2D eigenvalue weighted by Crippen LogP contribution is 2.20. The number of likely N-dealkylation sites (tertiary alicyclic amines) is 1. The Labute approximate surface area is 140 Å². The molecule has 0 radical (unpaired) electrons. The van der Waals surface area contributed by atoms with Gasteiger partial charge in [-0.25, -0.2) is 0 Å². The summed E-state index contributed by atoms with van der Waals surface area (Å²) >= 11 is 3.29. The SMILES string of the molecule is Cc1csc(C(=O)NCC2CCN(Cc3ccsc3)CC2)c1. The van der Waals surface area contributed by atoms with E-state index in [-0.39, 0.29) is 5.91 Å². The van der Waals surface area contributed by atoms with Gasteiger partial charge >= 0.3 is 0 Å². The molecule has 0 bridgehead atoms. The number of aryl methyl sites for hydroxylation is 1. The lowest BCUT2D eigenvalue weighted by atomic mass is 9.96. The number of carbonyl (C=O) groups excluding carboxylic acids is 1. The van der Waals surface area contributed by atoms with Crippen molar-refractivity contribution in [2.24, 2.45) is 5.92 Å². The summed E-state index contributed by atoms with van der Waals surface area (Å²) in [7, 11) is 0. The smallest absolute Gasteiger partial charge is 0.261 e. The lowest BCUT2D eigenvalue weighted by Crippen LogP contribution is -2.38. The van der Waals surface area contributed by atoms with Crippen LogP contribution >= 0.6 is 22.7 Å². The summed E-state index contributed by atoms with van der Waals surface area (Å²) in [5, 5.41) is 9.50. The molecule has 1 N–H and O–H groups in total. The van der Waals surface area contributed by atoms with Crippen LogP contribution in [0.2, 0.25) is 0 Å². The molecule has 3 rings (SSSR count). The van der Waals surface area contributed by atoms with Crippen LogP contribution in [0, 0.1) is 12.8 Å². The Kier molecular flexibility index (Phi) is 5.28. The summed E-state index contributed by atoms with van der Waals surface area (Å²) in [6.45, 7) is 6.17. The second kappa shape index (κ2) is 7.40. The monoisotopic (exact) mass is 334 g/mol. The summed E-state index contributed by atoms with van der Waals surface area (Å²) in [5.74, 6) is 0.697. The lowest BCUT2D eigenvalue weighted by Gasteiger charge is -2.31. The van der Waals surface area contributed by atoms with E-state index in [2.05, 4.69) is 27.0 Å². The van der Waals surface area contributed by atoms with E-state index >= 15 is 0 Å². The van der Waals surface area contributed by atoms with E-state index in [0.29, 0.717) is 5.92 Å². The van der Waals surface area contributed by atoms with Gasteiger partial charge in [0.25, 0.3) is 5.91 Å². The van der Waals surface area contributed by atoms with Gasteiger partial charge in [-0.05, 0) is 78.2 Å². The van der Waals surface area contributed by atoms with Crippen molar-refractivity contribution in [3.05, 3.63) is 44.3 Å². The Morgan fingerprint density at radius 2 is 2.18 bits per heavy atom. The third kappa shape index (κ3) is 4.18. The average molecular weight is 335 g/mol. The lowest BCUT2D eigenvalue weighted by molar-refractivity contribution is 0.0939.